The van der Waals surface area contributed by atoms with Crippen LogP contribution in [0.3, 0.4) is 0 Å². The number of aryl methyl sites for hydroxylation is 1. The van der Waals surface area contributed by atoms with Crippen LogP contribution in [0, 0.1) is 18.3 Å². The summed E-state index contributed by atoms with van der Waals surface area (Å²) in [7, 11) is -1.19. The van der Waals surface area contributed by atoms with Gasteiger partial charge in [0.05, 0.1) is 25.2 Å². The molecule has 0 spiro atoms. The molecule has 2 rings (SSSR count). The van der Waals surface area contributed by atoms with Gasteiger partial charge < -0.3 is 13.8 Å². The number of hydrogen-bond donors (Lipinski definition) is 1. The standard InChI is InChI=1S/C15H22N3O5P/c1-4-11-8-12(23-24(3)21-7-5-6-16)14(22-11)18-9-10(2)13(19)17-15(18)20/h9,11-12,14H,4-5,7-8H2,1-3H3,(H,17,19,20)/t11-,12+,14-,24?/m1/s1. The SMILES string of the molecule is CC[C@@H]1C[C@H](OP(C)OCCC#N)[C@H](n2cc(C)c(=O)[nH]c2=O)O1. The lowest BCUT2D eigenvalue weighted by Gasteiger charge is -2.23. The minimum atomic E-state index is -1.19. The van der Waals surface area contributed by atoms with Crippen molar-refractivity contribution in [3.63, 3.8) is 0 Å². The average molecular weight is 355 g/mol. The van der Waals surface area contributed by atoms with Crippen molar-refractivity contribution in [1.82, 2.24) is 9.55 Å². The van der Waals surface area contributed by atoms with E-state index in [-0.39, 0.29) is 12.2 Å². The van der Waals surface area contributed by atoms with E-state index in [1.807, 2.05) is 19.7 Å². The number of H-pyrrole nitrogens is 1. The summed E-state index contributed by atoms with van der Waals surface area (Å²) in [6.45, 7) is 5.76. The highest BCUT2D eigenvalue weighted by Gasteiger charge is 2.38. The van der Waals surface area contributed by atoms with Crippen molar-refractivity contribution in [2.24, 2.45) is 0 Å². The predicted octanol–water partition coefficient (Wildman–Crippen LogP) is 1.80. The first-order valence-electron chi connectivity index (χ1n) is 7.84. The molecule has 1 unspecified atom stereocenters. The third-order valence-electron chi connectivity index (χ3n) is 3.79. The van der Waals surface area contributed by atoms with Gasteiger partial charge >= 0.3 is 5.69 Å². The Kier molecular flexibility index (Phi) is 6.69. The van der Waals surface area contributed by atoms with Crippen LogP contribution in [0.25, 0.3) is 0 Å². The number of hydrogen-bond acceptors (Lipinski definition) is 6. The van der Waals surface area contributed by atoms with Crippen LogP contribution in [0.4, 0.5) is 0 Å². The average Bonchev–Trinajstić information content (AvgIpc) is 2.94. The van der Waals surface area contributed by atoms with Gasteiger partial charge in [-0.05, 0) is 13.3 Å². The van der Waals surface area contributed by atoms with Crippen molar-refractivity contribution in [3.05, 3.63) is 32.6 Å². The van der Waals surface area contributed by atoms with E-state index in [1.54, 1.807) is 6.92 Å². The highest BCUT2D eigenvalue weighted by Crippen LogP contribution is 2.42. The molecule has 0 amide bonds. The number of aromatic amines is 1. The molecule has 1 aromatic rings. The van der Waals surface area contributed by atoms with E-state index in [4.69, 9.17) is 19.0 Å². The Morgan fingerprint density at radius 2 is 2.29 bits per heavy atom. The van der Waals surface area contributed by atoms with E-state index >= 15 is 0 Å². The molecular weight excluding hydrogens is 333 g/mol. The Morgan fingerprint density at radius 3 is 2.96 bits per heavy atom. The van der Waals surface area contributed by atoms with E-state index in [9.17, 15) is 9.59 Å². The van der Waals surface area contributed by atoms with Gasteiger partial charge in [-0.1, -0.05) is 6.92 Å². The largest absolute Gasteiger partial charge is 0.352 e. The van der Waals surface area contributed by atoms with Crippen LogP contribution in [0.2, 0.25) is 0 Å². The molecule has 0 saturated carbocycles. The van der Waals surface area contributed by atoms with E-state index in [0.717, 1.165) is 6.42 Å². The summed E-state index contributed by atoms with van der Waals surface area (Å²) in [4.78, 5) is 26.0. The number of nitriles is 1. The quantitative estimate of drug-likeness (QED) is 0.590. The molecule has 0 bridgehead atoms. The highest BCUT2D eigenvalue weighted by atomic mass is 31.2. The molecule has 0 aromatic carbocycles. The second-order valence-corrected chi connectivity index (χ2v) is 6.94. The van der Waals surface area contributed by atoms with Crippen LogP contribution in [0.1, 0.15) is 38.0 Å². The van der Waals surface area contributed by atoms with Crippen molar-refractivity contribution in [1.29, 1.82) is 5.26 Å². The minimum Gasteiger partial charge on any atom is -0.352 e. The maximum Gasteiger partial charge on any atom is 0.330 e. The van der Waals surface area contributed by atoms with Gasteiger partial charge in [0.2, 0.25) is 0 Å². The summed E-state index contributed by atoms with van der Waals surface area (Å²) in [5.41, 5.74) is -0.496. The lowest BCUT2D eigenvalue weighted by Crippen LogP contribution is -2.36. The van der Waals surface area contributed by atoms with Crippen molar-refractivity contribution < 1.29 is 13.8 Å². The van der Waals surface area contributed by atoms with Crippen LogP contribution in [0.15, 0.2) is 15.8 Å². The third kappa shape index (κ3) is 4.52. The Labute approximate surface area is 141 Å². The Hall–Kier alpha value is -1.52. The molecule has 1 N–H and O–H groups in total. The van der Waals surface area contributed by atoms with Crippen LogP contribution < -0.4 is 11.2 Å². The normalized spacial score (nSPS) is 24.7. The third-order valence-corrected chi connectivity index (χ3v) is 4.91. The molecule has 2 heterocycles. The maximum atomic E-state index is 12.1. The fourth-order valence-electron chi connectivity index (χ4n) is 2.53. The maximum absolute atomic E-state index is 12.1. The van der Waals surface area contributed by atoms with Crippen LogP contribution in [0.5, 0.6) is 0 Å². The number of nitrogens with zero attached hydrogens (tertiary/aromatic N) is 2. The molecule has 1 fully saturated rings. The first-order chi connectivity index (χ1) is 11.5. The van der Waals surface area contributed by atoms with Crippen molar-refractivity contribution in [3.8, 4) is 6.07 Å². The van der Waals surface area contributed by atoms with Gasteiger partial charge in [0, 0.05) is 24.8 Å². The summed E-state index contributed by atoms with van der Waals surface area (Å²) in [5.74, 6) is 0. The molecule has 0 radical (unpaired) electrons. The van der Waals surface area contributed by atoms with Gasteiger partial charge in [0.15, 0.2) is 14.6 Å². The van der Waals surface area contributed by atoms with Crippen LogP contribution in [-0.4, -0.2) is 35.0 Å². The molecule has 9 heteroatoms. The van der Waals surface area contributed by atoms with Crippen molar-refractivity contribution in [2.75, 3.05) is 13.3 Å². The van der Waals surface area contributed by atoms with Gasteiger partial charge in [-0.25, -0.2) is 4.79 Å². The fourth-order valence-corrected chi connectivity index (χ4v) is 3.52. The summed E-state index contributed by atoms with van der Waals surface area (Å²) in [6.07, 6.45) is 2.25. The molecule has 4 atom stereocenters. The highest BCUT2D eigenvalue weighted by molar-refractivity contribution is 7.46. The Morgan fingerprint density at radius 1 is 1.54 bits per heavy atom. The summed E-state index contributed by atoms with van der Waals surface area (Å²) in [6, 6.07) is 2.01. The smallest absolute Gasteiger partial charge is 0.330 e. The van der Waals surface area contributed by atoms with Crippen LogP contribution >= 0.6 is 8.38 Å². The topological polar surface area (TPSA) is 106 Å². The van der Waals surface area contributed by atoms with Crippen molar-refractivity contribution in [2.45, 2.75) is 51.5 Å². The second-order valence-electron chi connectivity index (χ2n) is 5.60. The zero-order chi connectivity index (χ0) is 17.7. The molecule has 1 aliphatic heterocycles. The fraction of sp³-hybridized carbons (Fsp3) is 0.667. The molecule has 0 aliphatic carbocycles. The van der Waals surface area contributed by atoms with Gasteiger partial charge in [0.25, 0.3) is 5.56 Å². The van der Waals surface area contributed by atoms with E-state index in [2.05, 4.69) is 4.98 Å². The predicted molar refractivity (Wildman–Crippen MR) is 88.8 cm³/mol. The van der Waals surface area contributed by atoms with Gasteiger partial charge in [-0.3, -0.25) is 14.3 Å². The van der Waals surface area contributed by atoms with Gasteiger partial charge in [0.1, 0.15) is 6.10 Å². The molecule has 8 nitrogen and oxygen atoms in total. The second kappa shape index (κ2) is 8.54. The van der Waals surface area contributed by atoms with E-state index in [0.29, 0.717) is 25.0 Å². The van der Waals surface area contributed by atoms with E-state index < -0.39 is 25.9 Å². The Bertz CT molecular complexity index is 710. The first-order valence-corrected chi connectivity index (χ1v) is 9.46. The Balaban J connectivity index is 2.17. The summed E-state index contributed by atoms with van der Waals surface area (Å²) < 4.78 is 18.7. The zero-order valence-electron chi connectivity index (χ0n) is 14.0. The molecule has 1 aliphatic rings. The monoisotopic (exact) mass is 355 g/mol. The van der Waals surface area contributed by atoms with E-state index in [1.165, 1.54) is 10.8 Å². The summed E-state index contributed by atoms with van der Waals surface area (Å²) in [5, 5.41) is 8.55. The zero-order valence-corrected chi connectivity index (χ0v) is 14.9. The number of nitrogens with one attached hydrogen (secondary N) is 1. The number of aromatic nitrogens is 2. The lowest BCUT2D eigenvalue weighted by molar-refractivity contribution is -0.0344. The molecule has 24 heavy (non-hydrogen) atoms. The van der Waals surface area contributed by atoms with Gasteiger partial charge in [-0.15, -0.1) is 0 Å². The van der Waals surface area contributed by atoms with Gasteiger partial charge in [-0.2, -0.15) is 5.26 Å². The number of ether oxygens (including phenoxy) is 1. The first kappa shape index (κ1) is 18.8. The van der Waals surface area contributed by atoms with Crippen molar-refractivity contribution >= 4 is 8.38 Å². The lowest BCUT2D eigenvalue weighted by atomic mass is 10.1. The van der Waals surface area contributed by atoms with Crippen LogP contribution in [-0.2, 0) is 13.8 Å². The molecule has 1 aromatic heterocycles. The summed E-state index contributed by atoms with van der Waals surface area (Å²) >= 11 is 0. The minimum absolute atomic E-state index is 0.0263. The number of rotatable bonds is 7. The molecular formula is C15H22N3O5P. The molecule has 132 valence electrons. The molecule has 1 saturated heterocycles.